The van der Waals surface area contributed by atoms with Crippen molar-refractivity contribution in [2.24, 2.45) is 0 Å². The van der Waals surface area contributed by atoms with E-state index in [1.807, 2.05) is 12.1 Å². The van der Waals surface area contributed by atoms with Crippen molar-refractivity contribution < 1.29 is 0 Å². The van der Waals surface area contributed by atoms with Gasteiger partial charge >= 0.3 is 0 Å². The summed E-state index contributed by atoms with van der Waals surface area (Å²) in [6.07, 6.45) is 7.56. The molecule has 0 amide bonds. The Hall–Kier alpha value is -2.02. The van der Waals surface area contributed by atoms with Gasteiger partial charge in [-0.25, -0.2) is 4.98 Å². The van der Waals surface area contributed by atoms with Crippen molar-refractivity contribution in [2.75, 3.05) is 11.1 Å². The highest BCUT2D eigenvalue weighted by Crippen LogP contribution is 2.17. The van der Waals surface area contributed by atoms with Gasteiger partial charge in [-0.1, -0.05) is 12.2 Å². The van der Waals surface area contributed by atoms with E-state index >= 15 is 0 Å². The summed E-state index contributed by atoms with van der Waals surface area (Å²) < 4.78 is 0. The topological polar surface area (TPSA) is 74.7 Å². The third-order valence-corrected chi connectivity index (χ3v) is 2.65. The summed E-state index contributed by atoms with van der Waals surface area (Å²) in [4.78, 5) is 4.16. The number of nitrogens with two attached hydrogens (primary N) is 1. The van der Waals surface area contributed by atoms with Crippen LogP contribution in [0.15, 0.2) is 24.3 Å². The monoisotopic (exact) mass is 214 g/mol. The number of rotatable bonds is 2. The van der Waals surface area contributed by atoms with Crippen LogP contribution in [-0.2, 0) is 0 Å². The molecule has 0 spiro atoms. The van der Waals surface area contributed by atoms with E-state index in [1.165, 1.54) is 0 Å². The lowest BCUT2D eigenvalue weighted by Gasteiger charge is -2.20. The lowest BCUT2D eigenvalue weighted by molar-refractivity contribution is 0.642. The van der Waals surface area contributed by atoms with Crippen molar-refractivity contribution in [3.05, 3.63) is 30.0 Å². The quantitative estimate of drug-likeness (QED) is 0.739. The van der Waals surface area contributed by atoms with Crippen LogP contribution in [0.2, 0.25) is 0 Å². The molecule has 4 nitrogen and oxygen atoms in total. The second-order valence-corrected chi connectivity index (χ2v) is 3.87. The number of hydrogen-bond acceptors (Lipinski definition) is 4. The third kappa shape index (κ3) is 2.31. The number of nitriles is 1. The van der Waals surface area contributed by atoms with Crippen molar-refractivity contribution in [3.63, 3.8) is 0 Å². The molecule has 1 atom stereocenters. The molecule has 1 aromatic rings. The fourth-order valence-corrected chi connectivity index (χ4v) is 1.77. The maximum Gasteiger partial charge on any atom is 0.165 e. The van der Waals surface area contributed by atoms with Crippen molar-refractivity contribution >= 4 is 11.5 Å². The maximum atomic E-state index is 8.82. The molecule has 82 valence electrons. The van der Waals surface area contributed by atoms with Crippen LogP contribution in [0.3, 0.4) is 0 Å². The van der Waals surface area contributed by atoms with E-state index in [2.05, 4.69) is 22.5 Å². The Morgan fingerprint density at radius 1 is 1.44 bits per heavy atom. The summed E-state index contributed by atoms with van der Waals surface area (Å²) in [5, 5.41) is 12.1. The van der Waals surface area contributed by atoms with Gasteiger partial charge in [0.15, 0.2) is 5.69 Å². The van der Waals surface area contributed by atoms with Gasteiger partial charge in [-0.2, -0.15) is 5.26 Å². The fraction of sp³-hybridized carbons (Fsp3) is 0.333. The molecular weight excluding hydrogens is 200 g/mol. The van der Waals surface area contributed by atoms with Crippen LogP contribution in [0.25, 0.3) is 0 Å². The van der Waals surface area contributed by atoms with E-state index in [4.69, 9.17) is 11.0 Å². The Labute approximate surface area is 94.8 Å². The van der Waals surface area contributed by atoms with Crippen LogP contribution in [0, 0.1) is 11.3 Å². The number of allylic oxidation sites excluding steroid dienone is 1. The molecule has 1 aromatic heterocycles. The smallest absolute Gasteiger partial charge is 0.165 e. The molecule has 0 aliphatic heterocycles. The summed E-state index contributed by atoms with van der Waals surface area (Å²) in [5.74, 6) is 0.728. The largest absolute Gasteiger partial charge is 0.396 e. The summed E-state index contributed by atoms with van der Waals surface area (Å²) in [6, 6.07) is 5.92. The van der Waals surface area contributed by atoms with Gasteiger partial charge in [0.1, 0.15) is 11.9 Å². The van der Waals surface area contributed by atoms with E-state index in [9.17, 15) is 0 Å². The molecular formula is C12H14N4. The molecule has 1 unspecified atom stereocenters. The van der Waals surface area contributed by atoms with E-state index < -0.39 is 0 Å². The predicted octanol–water partition coefficient (Wildman–Crippen LogP) is 2.06. The van der Waals surface area contributed by atoms with Crippen LogP contribution in [0.1, 0.15) is 25.0 Å². The number of aromatic nitrogens is 1. The average Bonchev–Trinajstić information content (AvgIpc) is 2.33. The number of nitrogen functional groups attached to an aromatic ring is 1. The van der Waals surface area contributed by atoms with Crippen molar-refractivity contribution in [3.8, 4) is 6.07 Å². The Balaban J connectivity index is 2.10. The van der Waals surface area contributed by atoms with Gasteiger partial charge in [0, 0.05) is 6.04 Å². The minimum Gasteiger partial charge on any atom is -0.396 e. The van der Waals surface area contributed by atoms with E-state index in [0.717, 1.165) is 25.1 Å². The SMILES string of the molecule is N#Cc1nc(NC2CC=CCC2)ccc1N. The molecule has 0 fully saturated rings. The van der Waals surface area contributed by atoms with Gasteiger partial charge in [0.05, 0.1) is 5.69 Å². The Morgan fingerprint density at radius 2 is 2.31 bits per heavy atom. The molecule has 16 heavy (non-hydrogen) atoms. The minimum atomic E-state index is 0.288. The molecule has 0 saturated carbocycles. The highest BCUT2D eigenvalue weighted by atomic mass is 15.0. The Kier molecular flexibility index (Phi) is 3.06. The Morgan fingerprint density at radius 3 is 3.00 bits per heavy atom. The minimum absolute atomic E-state index is 0.288. The molecule has 4 heteroatoms. The first-order valence-electron chi connectivity index (χ1n) is 5.38. The first kappa shape index (κ1) is 10.5. The number of anilines is 2. The standard InChI is InChI=1S/C12H14N4/c13-8-11-10(14)6-7-12(16-11)15-9-4-2-1-3-5-9/h1-2,6-7,9H,3-5,14H2,(H,15,16). The molecule has 0 aromatic carbocycles. The van der Waals surface area contributed by atoms with Crippen LogP contribution in [0.4, 0.5) is 11.5 Å². The van der Waals surface area contributed by atoms with Crippen molar-refractivity contribution in [1.29, 1.82) is 5.26 Å². The third-order valence-electron chi connectivity index (χ3n) is 2.65. The fourth-order valence-electron chi connectivity index (χ4n) is 1.77. The first-order valence-corrected chi connectivity index (χ1v) is 5.38. The number of nitrogens with zero attached hydrogens (tertiary/aromatic N) is 2. The number of hydrogen-bond donors (Lipinski definition) is 2. The van der Waals surface area contributed by atoms with E-state index in [-0.39, 0.29) is 5.69 Å². The van der Waals surface area contributed by atoms with Crippen molar-refractivity contribution in [1.82, 2.24) is 4.98 Å². The Bertz CT molecular complexity index is 445. The molecule has 1 aliphatic rings. The lowest BCUT2D eigenvalue weighted by Crippen LogP contribution is -2.21. The summed E-state index contributed by atoms with van der Waals surface area (Å²) >= 11 is 0. The highest BCUT2D eigenvalue weighted by Gasteiger charge is 2.10. The summed E-state index contributed by atoms with van der Waals surface area (Å²) in [5.41, 5.74) is 6.32. The van der Waals surface area contributed by atoms with Gasteiger partial charge < -0.3 is 11.1 Å². The van der Waals surface area contributed by atoms with Crippen LogP contribution in [0.5, 0.6) is 0 Å². The second-order valence-electron chi connectivity index (χ2n) is 3.87. The zero-order valence-electron chi connectivity index (χ0n) is 8.98. The molecule has 1 heterocycles. The van der Waals surface area contributed by atoms with E-state index in [1.54, 1.807) is 6.07 Å². The molecule has 0 bridgehead atoms. The van der Waals surface area contributed by atoms with Gasteiger partial charge in [-0.05, 0) is 31.4 Å². The lowest BCUT2D eigenvalue weighted by atomic mass is 10.0. The van der Waals surface area contributed by atoms with Crippen LogP contribution < -0.4 is 11.1 Å². The normalized spacial score (nSPS) is 19.1. The molecule has 2 rings (SSSR count). The number of pyridine rings is 1. The highest BCUT2D eigenvalue weighted by molar-refractivity contribution is 5.54. The van der Waals surface area contributed by atoms with Crippen LogP contribution in [-0.4, -0.2) is 11.0 Å². The van der Waals surface area contributed by atoms with Crippen molar-refractivity contribution in [2.45, 2.75) is 25.3 Å². The van der Waals surface area contributed by atoms with Gasteiger partial charge in [0.25, 0.3) is 0 Å². The predicted molar refractivity (Wildman–Crippen MR) is 63.8 cm³/mol. The zero-order chi connectivity index (χ0) is 11.4. The van der Waals surface area contributed by atoms with E-state index in [0.29, 0.717) is 11.7 Å². The zero-order valence-corrected chi connectivity index (χ0v) is 8.98. The number of nitrogens with one attached hydrogen (secondary N) is 1. The first-order chi connectivity index (χ1) is 7.79. The second kappa shape index (κ2) is 4.67. The average molecular weight is 214 g/mol. The van der Waals surface area contributed by atoms with Crippen LogP contribution >= 0.6 is 0 Å². The van der Waals surface area contributed by atoms with Gasteiger partial charge in [0.2, 0.25) is 0 Å². The molecule has 3 N–H and O–H groups in total. The maximum absolute atomic E-state index is 8.82. The summed E-state index contributed by atoms with van der Waals surface area (Å²) in [6.45, 7) is 0. The molecule has 1 aliphatic carbocycles. The van der Waals surface area contributed by atoms with Gasteiger partial charge in [-0.15, -0.1) is 0 Å². The molecule has 0 radical (unpaired) electrons. The summed E-state index contributed by atoms with van der Waals surface area (Å²) in [7, 11) is 0. The van der Waals surface area contributed by atoms with Gasteiger partial charge in [-0.3, -0.25) is 0 Å². The molecule has 0 saturated heterocycles.